The Morgan fingerprint density at radius 2 is 1.79 bits per heavy atom. The molecule has 14 heteroatoms. The van der Waals surface area contributed by atoms with Crippen LogP contribution in [0, 0.1) is 5.92 Å². The van der Waals surface area contributed by atoms with Gasteiger partial charge in [-0.15, -0.1) is 0 Å². The average molecular weight is 548 g/mol. The van der Waals surface area contributed by atoms with Gasteiger partial charge in [0.05, 0.1) is 19.0 Å². The standard InChI is InChI=1S/C25H37BN4O9/c1-15(2)10-21(27)39-26-38-20(23(34)22(33)19(32)13-31)14-37-25(36)17(11-16-6-4-3-5-7-16)30-24(35)18-12-28-8-9-29-18/h3-9,12,15,17,19-23,26,31-34H,10-11,13-14,27H2,1-2H3,(H,30,35)/t17-,19+,20+,21+,22+,23+/m0/s1. The lowest BCUT2D eigenvalue weighted by molar-refractivity contribution is -0.156. The third-order valence-electron chi connectivity index (χ3n) is 5.64. The van der Waals surface area contributed by atoms with Gasteiger partial charge in [-0.05, 0) is 17.9 Å². The molecule has 214 valence electrons. The van der Waals surface area contributed by atoms with Crippen molar-refractivity contribution in [2.75, 3.05) is 13.2 Å². The predicted molar refractivity (Wildman–Crippen MR) is 140 cm³/mol. The first-order valence-corrected chi connectivity index (χ1v) is 12.5. The van der Waals surface area contributed by atoms with Crippen LogP contribution >= 0.6 is 0 Å². The van der Waals surface area contributed by atoms with E-state index in [4.69, 9.17) is 24.9 Å². The molecular weight excluding hydrogens is 511 g/mol. The van der Waals surface area contributed by atoms with Crippen LogP contribution in [0.3, 0.4) is 0 Å². The van der Waals surface area contributed by atoms with Gasteiger partial charge in [-0.1, -0.05) is 44.2 Å². The Kier molecular flexibility index (Phi) is 13.9. The molecule has 0 radical (unpaired) electrons. The fraction of sp³-hybridized carbons (Fsp3) is 0.520. The minimum Gasteiger partial charge on any atom is -0.461 e. The molecule has 0 fully saturated rings. The molecule has 0 spiro atoms. The number of nitrogens with two attached hydrogens (primary N) is 1. The minimum absolute atomic E-state index is 0.00371. The summed E-state index contributed by atoms with van der Waals surface area (Å²) in [5, 5.41) is 42.2. The van der Waals surface area contributed by atoms with Crippen LogP contribution in [-0.4, -0.2) is 99.9 Å². The van der Waals surface area contributed by atoms with Crippen molar-refractivity contribution >= 4 is 19.6 Å². The van der Waals surface area contributed by atoms with Gasteiger partial charge in [0.1, 0.15) is 42.8 Å². The SMILES string of the molecule is CC(C)C[C@H](N)OBO[C@H](COC(=O)[C@H](Cc1ccccc1)NC(=O)c1cnccn1)[C@@H](O)[C@H](O)[C@H](O)CO. The van der Waals surface area contributed by atoms with Gasteiger partial charge >= 0.3 is 13.7 Å². The maximum Gasteiger partial charge on any atom is 0.439 e. The minimum atomic E-state index is -1.82. The number of carbonyl (C=O) groups is 2. The highest BCUT2D eigenvalue weighted by atomic mass is 16.6. The fourth-order valence-corrected chi connectivity index (χ4v) is 3.50. The molecule has 1 heterocycles. The van der Waals surface area contributed by atoms with Crippen LogP contribution in [0.25, 0.3) is 0 Å². The van der Waals surface area contributed by atoms with Gasteiger partial charge in [-0.25, -0.2) is 9.78 Å². The molecular formula is C25H37BN4O9. The average Bonchev–Trinajstić information content (AvgIpc) is 2.93. The molecule has 13 nitrogen and oxygen atoms in total. The van der Waals surface area contributed by atoms with Gasteiger partial charge in [0.25, 0.3) is 5.91 Å². The second-order valence-electron chi connectivity index (χ2n) is 9.33. The Labute approximate surface area is 227 Å². The van der Waals surface area contributed by atoms with Crippen molar-refractivity contribution in [2.45, 2.75) is 63.4 Å². The first-order valence-electron chi connectivity index (χ1n) is 12.5. The number of hydrogen-bond acceptors (Lipinski definition) is 12. The number of benzene rings is 1. The molecule has 0 bridgehead atoms. The lowest BCUT2D eigenvalue weighted by atomic mass is 10.0. The van der Waals surface area contributed by atoms with Crippen molar-refractivity contribution in [1.82, 2.24) is 15.3 Å². The van der Waals surface area contributed by atoms with Crippen molar-refractivity contribution in [3.63, 3.8) is 0 Å². The van der Waals surface area contributed by atoms with Gasteiger partial charge in [0, 0.05) is 18.8 Å². The number of nitrogens with one attached hydrogen (secondary N) is 1. The second kappa shape index (κ2) is 16.9. The van der Waals surface area contributed by atoms with Gasteiger partial charge < -0.3 is 45.5 Å². The van der Waals surface area contributed by atoms with Crippen LogP contribution in [-0.2, 0) is 25.3 Å². The second-order valence-corrected chi connectivity index (χ2v) is 9.33. The number of ether oxygens (including phenoxy) is 1. The van der Waals surface area contributed by atoms with E-state index in [1.165, 1.54) is 18.6 Å². The molecule has 1 aromatic heterocycles. The fourth-order valence-electron chi connectivity index (χ4n) is 3.50. The van der Waals surface area contributed by atoms with Crippen molar-refractivity contribution in [1.29, 1.82) is 0 Å². The molecule has 2 aromatic rings. The molecule has 7 N–H and O–H groups in total. The summed E-state index contributed by atoms with van der Waals surface area (Å²) in [4.78, 5) is 33.5. The monoisotopic (exact) mass is 548 g/mol. The lowest BCUT2D eigenvalue weighted by Crippen LogP contribution is -2.50. The highest BCUT2D eigenvalue weighted by molar-refractivity contribution is 6.18. The van der Waals surface area contributed by atoms with E-state index in [0.29, 0.717) is 6.42 Å². The van der Waals surface area contributed by atoms with E-state index in [2.05, 4.69) is 15.3 Å². The Bertz CT molecular complexity index is 990. The molecule has 0 aliphatic carbocycles. The van der Waals surface area contributed by atoms with Crippen molar-refractivity contribution < 1.29 is 44.1 Å². The summed E-state index contributed by atoms with van der Waals surface area (Å²) >= 11 is 0. The number of hydrogen-bond donors (Lipinski definition) is 6. The Balaban J connectivity index is 2.12. The third-order valence-corrected chi connectivity index (χ3v) is 5.64. The predicted octanol–water partition coefficient (Wildman–Crippen LogP) is -1.56. The maximum absolute atomic E-state index is 13.1. The molecule has 0 aliphatic heterocycles. The van der Waals surface area contributed by atoms with Crippen LogP contribution in [0.4, 0.5) is 0 Å². The zero-order valence-electron chi connectivity index (χ0n) is 22.0. The summed E-state index contributed by atoms with van der Waals surface area (Å²) < 4.78 is 16.2. The van der Waals surface area contributed by atoms with Gasteiger partial charge in [-0.3, -0.25) is 9.78 Å². The molecule has 0 saturated heterocycles. The zero-order valence-corrected chi connectivity index (χ0v) is 22.0. The number of aliphatic hydroxyl groups is 4. The van der Waals surface area contributed by atoms with Gasteiger partial charge in [0.2, 0.25) is 0 Å². The number of carbonyl (C=O) groups excluding carboxylic acids is 2. The number of amides is 1. The maximum atomic E-state index is 13.1. The van der Waals surface area contributed by atoms with E-state index in [1.54, 1.807) is 30.3 Å². The molecule has 0 aliphatic rings. The Morgan fingerprint density at radius 1 is 1.08 bits per heavy atom. The van der Waals surface area contributed by atoms with Crippen LogP contribution in [0.2, 0.25) is 0 Å². The molecule has 0 saturated carbocycles. The largest absolute Gasteiger partial charge is 0.461 e. The highest BCUT2D eigenvalue weighted by Gasteiger charge is 2.34. The van der Waals surface area contributed by atoms with Crippen LogP contribution in [0.1, 0.15) is 36.3 Å². The van der Waals surface area contributed by atoms with E-state index < -0.39 is 69.5 Å². The van der Waals surface area contributed by atoms with Gasteiger partial charge in [-0.2, -0.15) is 0 Å². The van der Waals surface area contributed by atoms with Crippen molar-refractivity contribution in [3.8, 4) is 0 Å². The summed E-state index contributed by atoms with van der Waals surface area (Å²) in [6.07, 6.45) is -2.70. The topological polar surface area (TPSA) is 207 Å². The summed E-state index contributed by atoms with van der Waals surface area (Å²) in [7, 11) is -0.411. The first kappa shape index (κ1) is 32.2. The smallest absolute Gasteiger partial charge is 0.439 e. The van der Waals surface area contributed by atoms with Crippen LogP contribution in [0.5, 0.6) is 0 Å². The molecule has 1 aromatic carbocycles. The summed E-state index contributed by atoms with van der Waals surface area (Å²) in [5.74, 6) is -1.25. The van der Waals surface area contributed by atoms with Crippen LogP contribution < -0.4 is 11.1 Å². The van der Waals surface area contributed by atoms with E-state index in [-0.39, 0.29) is 18.0 Å². The number of aromatic nitrogens is 2. The molecule has 39 heavy (non-hydrogen) atoms. The lowest BCUT2D eigenvalue weighted by Gasteiger charge is -2.29. The highest BCUT2D eigenvalue weighted by Crippen LogP contribution is 2.12. The summed E-state index contributed by atoms with van der Waals surface area (Å²) in [6, 6.07) is 7.76. The molecule has 6 atom stereocenters. The Morgan fingerprint density at radius 3 is 2.41 bits per heavy atom. The Hall–Kier alpha value is -2.98. The van der Waals surface area contributed by atoms with Crippen molar-refractivity contribution in [3.05, 3.63) is 60.2 Å². The molecule has 0 unspecified atom stereocenters. The van der Waals surface area contributed by atoms with E-state index >= 15 is 0 Å². The number of esters is 1. The van der Waals surface area contributed by atoms with Crippen molar-refractivity contribution in [2.24, 2.45) is 11.7 Å². The van der Waals surface area contributed by atoms with E-state index in [9.17, 15) is 24.9 Å². The molecule has 1 amide bonds. The summed E-state index contributed by atoms with van der Waals surface area (Å²) in [6.45, 7) is 2.51. The number of aliphatic hydroxyl groups excluding tert-OH is 4. The first-order chi connectivity index (χ1) is 18.6. The zero-order chi connectivity index (χ0) is 28.8. The van der Waals surface area contributed by atoms with Gasteiger partial charge in [0.15, 0.2) is 0 Å². The normalized spacial score (nSPS) is 16.0. The van der Waals surface area contributed by atoms with E-state index in [1.807, 2.05) is 13.8 Å². The number of nitrogens with zero attached hydrogens (tertiary/aromatic N) is 2. The van der Waals surface area contributed by atoms with Crippen LogP contribution in [0.15, 0.2) is 48.9 Å². The quantitative estimate of drug-likeness (QED) is 0.0754. The third kappa shape index (κ3) is 11.3. The molecule has 2 rings (SSSR count). The van der Waals surface area contributed by atoms with E-state index in [0.717, 1.165) is 5.56 Å². The number of rotatable bonds is 17. The summed E-state index contributed by atoms with van der Waals surface area (Å²) in [5.41, 5.74) is 6.61.